The van der Waals surface area contributed by atoms with Crippen molar-refractivity contribution in [2.24, 2.45) is 0 Å². The quantitative estimate of drug-likeness (QED) is 0.735. The Morgan fingerprint density at radius 3 is 2.47 bits per heavy atom. The zero-order valence-corrected chi connectivity index (χ0v) is 10.2. The number of rotatable bonds is 0. The molecule has 0 saturated heterocycles. The molecule has 0 aromatic carbocycles. The van der Waals surface area contributed by atoms with E-state index in [9.17, 15) is 9.59 Å². The lowest BCUT2D eigenvalue weighted by Crippen LogP contribution is -2.45. The van der Waals surface area contributed by atoms with Crippen LogP contribution >= 0.6 is 0 Å². The number of hydrogen-bond donors (Lipinski definition) is 1. The minimum atomic E-state index is -0.430. The number of hydrogen-bond acceptors (Lipinski definition) is 2. The minimum absolute atomic E-state index is 0.0224. The third-order valence-corrected chi connectivity index (χ3v) is 3.99. The normalized spacial score (nSPS) is 20.7. The molecule has 3 rings (SSSR count). The summed E-state index contributed by atoms with van der Waals surface area (Å²) in [7, 11) is 0. The van der Waals surface area contributed by atoms with Crippen LogP contribution in [0.3, 0.4) is 0 Å². The molecular formula is C13H16N2O2. The molecule has 2 heterocycles. The van der Waals surface area contributed by atoms with Gasteiger partial charge in [0.2, 0.25) is 0 Å². The number of nitrogens with one attached hydrogen (secondary N) is 1. The van der Waals surface area contributed by atoms with Crippen LogP contribution in [-0.4, -0.2) is 10.5 Å². The zero-order chi connectivity index (χ0) is 12.2. The summed E-state index contributed by atoms with van der Waals surface area (Å²) in [6, 6.07) is 1.81. The van der Waals surface area contributed by atoms with Crippen molar-refractivity contribution in [1.29, 1.82) is 0 Å². The Labute approximate surface area is 99.6 Å². The Morgan fingerprint density at radius 1 is 1.18 bits per heavy atom. The maximum Gasteiger partial charge on any atom is 0.270 e. The van der Waals surface area contributed by atoms with E-state index in [1.807, 2.05) is 19.9 Å². The molecule has 0 unspecified atom stereocenters. The summed E-state index contributed by atoms with van der Waals surface area (Å²) in [6.07, 6.45) is 3.88. The van der Waals surface area contributed by atoms with Crippen molar-refractivity contribution in [3.05, 3.63) is 33.2 Å². The average molecular weight is 232 g/mol. The predicted molar refractivity (Wildman–Crippen MR) is 64.1 cm³/mol. The molecule has 4 nitrogen and oxygen atoms in total. The Morgan fingerprint density at radius 2 is 1.82 bits per heavy atom. The number of fused-ring (bicyclic) bond motifs is 2. The van der Waals surface area contributed by atoms with Crippen molar-refractivity contribution in [2.45, 2.75) is 45.2 Å². The van der Waals surface area contributed by atoms with Gasteiger partial charge in [0.1, 0.15) is 11.4 Å². The van der Waals surface area contributed by atoms with Crippen LogP contribution in [0.4, 0.5) is 0 Å². The third-order valence-electron chi connectivity index (χ3n) is 3.99. The maximum atomic E-state index is 12.3. The smallest absolute Gasteiger partial charge is 0.270 e. The number of carbonyl (C=O) groups excluding carboxylic acids is 1. The lowest BCUT2D eigenvalue weighted by molar-refractivity contribution is 0.0920. The summed E-state index contributed by atoms with van der Waals surface area (Å²) in [5.74, 6) is -0.0958. The van der Waals surface area contributed by atoms with Gasteiger partial charge in [0.15, 0.2) is 0 Å². The highest BCUT2D eigenvalue weighted by atomic mass is 16.2. The second kappa shape index (κ2) is 3.22. The Kier molecular flexibility index (Phi) is 2.00. The fraction of sp³-hybridized carbons (Fsp3) is 0.538. The molecule has 0 atom stereocenters. The lowest BCUT2D eigenvalue weighted by atomic mass is 10.1. The molecule has 1 aliphatic heterocycles. The topological polar surface area (TPSA) is 51.1 Å². The zero-order valence-electron chi connectivity index (χ0n) is 10.2. The molecule has 1 amide bonds. The first-order valence-electron chi connectivity index (χ1n) is 6.11. The van der Waals surface area contributed by atoms with Crippen LogP contribution in [0.1, 0.15) is 47.3 Å². The number of nitrogens with zero attached hydrogens (tertiary/aromatic N) is 1. The van der Waals surface area contributed by atoms with E-state index in [0.29, 0.717) is 11.3 Å². The van der Waals surface area contributed by atoms with E-state index in [4.69, 9.17) is 0 Å². The molecule has 1 saturated carbocycles. The van der Waals surface area contributed by atoms with Crippen molar-refractivity contribution >= 4 is 5.91 Å². The molecule has 0 radical (unpaired) electrons. The van der Waals surface area contributed by atoms with Gasteiger partial charge in [-0.05, 0) is 51.2 Å². The van der Waals surface area contributed by atoms with Gasteiger partial charge in [-0.25, -0.2) is 0 Å². The van der Waals surface area contributed by atoms with E-state index >= 15 is 0 Å². The second-order valence-corrected chi connectivity index (χ2v) is 5.19. The molecule has 17 heavy (non-hydrogen) atoms. The van der Waals surface area contributed by atoms with Crippen LogP contribution in [-0.2, 0) is 5.66 Å². The molecule has 1 aromatic rings. The van der Waals surface area contributed by atoms with Gasteiger partial charge in [0, 0.05) is 5.56 Å². The molecular weight excluding hydrogens is 216 g/mol. The Hall–Kier alpha value is -1.58. The number of pyridine rings is 1. The fourth-order valence-electron chi connectivity index (χ4n) is 3.23. The van der Waals surface area contributed by atoms with Crippen LogP contribution in [0.15, 0.2) is 10.9 Å². The Balaban J connectivity index is 2.36. The maximum absolute atomic E-state index is 12.3. The van der Waals surface area contributed by atoms with Gasteiger partial charge in [0.05, 0.1) is 0 Å². The van der Waals surface area contributed by atoms with E-state index in [1.54, 1.807) is 4.57 Å². The van der Waals surface area contributed by atoms with E-state index < -0.39 is 5.66 Å². The van der Waals surface area contributed by atoms with Crippen LogP contribution in [0, 0.1) is 13.8 Å². The van der Waals surface area contributed by atoms with Gasteiger partial charge < -0.3 is 5.32 Å². The van der Waals surface area contributed by atoms with E-state index in [2.05, 4.69) is 5.32 Å². The van der Waals surface area contributed by atoms with Crippen LogP contribution < -0.4 is 10.9 Å². The first kappa shape index (κ1) is 10.6. The molecule has 4 heteroatoms. The van der Waals surface area contributed by atoms with Crippen molar-refractivity contribution in [3.63, 3.8) is 0 Å². The highest BCUT2D eigenvalue weighted by Gasteiger charge is 2.45. The monoisotopic (exact) mass is 232 g/mol. The average Bonchev–Trinajstić information content (AvgIpc) is 2.82. The Bertz CT molecular complexity index is 566. The third kappa shape index (κ3) is 1.24. The number of amides is 1. The van der Waals surface area contributed by atoms with E-state index in [0.717, 1.165) is 31.2 Å². The highest BCUT2D eigenvalue weighted by molar-refractivity contribution is 5.96. The second-order valence-electron chi connectivity index (χ2n) is 5.19. The summed E-state index contributed by atoms with van der Waals surface area (Å²) in [5.41, 5.74) is 1.71. The van der Waals surface area contributed by atoms with Crippen molar-refractivity contribution in [2.75, 3.05) is 0 Å². The first-order chi connectivity index (χ1) is 8.05. The predicted octanol–water partition coefficient (Wildman–Crippen LogP) is 1.44. The molecule has 1 N–H and O–H groups in total. The van der Waals surface area contributed by atoms with Crippen LogP contribution in [0.2, 0.25) is 0 Å². The van der Waals surface area contributed by atoms with E-state index in [-0.39, 0.29) is 11.5 Å². The van der Waals surface area contributed by atoms with Crippen LogP contribution in [0.25, 0.3) is 0 Å². The standard InChI is InChI=1S/C13H16N2O2/c1-8-7-9(2)12(17)15-10(8)11(16)14-13(15)5-3-4-6-13/h7H,3-6H2,1-2H3,(H,14,16). The largest absolute Gasteiger partial charge is 0.327 e. The SMILES string of the molecule is Cc1cc(C)c(=O)n2c1C(=O)NC21CCCC1. The summed E-state index contributed by atoms with van der Waals surface area (Å²) >= 11 is 0. The van der Waals surface area contributed by atoms with Gasteiger partial charge in [-0.15, -0.1) is 0 Å². The number of carbonyl (C=O) groups is 1. The summed E-state index contributed by atoms with van der Waals surface area (Å²) in [4.78, 5) is 24.3. The van der Waals surface area contributed by atoms with Crippen molar-refractivity contribution < 1.29 is 4.79 Å². The first-order valence-corrected chi connectivity index (χ1v) is 6.11. The van der Waals surface area contributed by atoms with Crippen LogP contribution in [0.5, 0.6) is 0 Å². The van der Waals surface area contributed by atoms with Gasteiger partial charge in [-0.1, -0.05) is 0 Å². The van der Waals surface area contributed by atoms with Gasteiger partial charge in [-0.3, -0.25) is 14.2 Å². The van der Waals surface area contributed by atoms with E-state index in [1.165, 1.54) is 0 Å². The van der Waals surface area contributed by atoms with Crippen molar-refractivity contribution in [3.8, 4) is 0 Å². The number of aromatic nitrogens is 1. The van der Waals surface area contributed by atoms with Gasteiger partial charge in [0.25, 0.3) is 11.5 Å². The summed E-state index contributed by atoms with van der Waals surface area (Å²) in [5, 5.41) is 3.03. The molecule has 2 aliphatic rings. The molecule has 1 spiro atoms. The molecule has 90 valence electrons. The summed E-state index contributed by atoms with van der Waals surface area (Å²) < 4.78 is 1.72. The molecule has 1 aliphatic carbocycles. The van der Waals surface area contributed by atoms with Crippen molar-refractivity contribution in [1.82, 2.24) is 9.88 Å². The number of aryl methyl sites for hydroxylation is 2. The summed E-state index contributed by atoms with van der Waals surface area (Å²) in [6.45, 7) is 3.71. The van der Waals surface area contributed by atoms with Gasteiger partial charge in [-0.2, -0.15) is 0 Å². The fourth-order valence-corrected chi connectivity index (χ4v) is 3.23. The molecule has 1 fully saturated rings. The van der Waals surface area contributed by atoms with Gasteiger partial charge >= 0.3 is 0 Å². The molecule has 0 bridgehead atoms. The highest BCUT2D eigenvalue weighted by Crippen LogP contribution is 2.38. The lowest BCUT2D eigenvalue weighted by Gasteiger charge is -2.26. The molecule has 1 aromatic heterocycles. The minimum Gasteiger partial charge on any atom is -0.327 e.